The number of nitrogens with one attached hydrogen (secondary N) is 2. The van der Waals surface area contributed by atoms with Gasteiger partial charge in [0.25, 0.3) is 11.8 Å². The van der Waals surface area contributed by atoms with Crippen molar-refractivity contribution in [3.8, 4) is 11.5 Å². The van der Waals surface area contributed by atoms with Crippen molar-refractivity contribution in [3.63, 3.8) is 0 Å². The van der Waals surface area contributed by atoms with Gasteiger partial charge < -0.3 is 25.2 Å². The number of aliphatic hydroxyl groups excluding tert-OH is 1. The van der Waals surface area contributed by atoms with E-state index in [1.54, 1.807) is 24.3 Å². The molecule has 2 amide bonds. The summed E-state index contributed by atoms with van der Waals surface area (Å²) in [4.78, 5) is 35.3. The number of amides is 2. The number of ether oxygens (including phenoxy) is 2. The Balaban J connectivity index is 1.69. The van der Waals surface area contributed by atoms with Crippen molar-refractivity contribution in [2.24, 2.45) is 0 Å². The van der Waals surface area contributed by atoms with Crippen molar-refractivity contribution in [3.05, 3.63) is 71.5 Å². The number of Topliss-reactive ketones (excluding diaryl/α,β-unsaturated/α-hetero) is 1. The topological polar surface area (TPSA) is 114 Å². The fourth-order valence-corrected chi connectivity index (χ4v) is 2.89. The molecule has 0 spiro atoms. The molecule has 0 saturated heterocycles. The molecule has 0 aliphatic heterocycles. The SMILES string of the molecule is C=CC(C[C@H](O)CNC(=O)COc1ccc(Cl)c(F)c1)NC(=O)COc1ccc(C(C)=O)cc1. The average Bonchev–Trinajstić information content (AvgIpc) is 2.82. The molecule has 182 valence electrons. The van der Waals surface area contributed by atoms with E-state index in [0.29, 0.717) is 11.3 Å². The van der Waals surface area contributed by atoms with Gasteiger partial charge in [-0.2, -0.15) is 0 Å². The third-order valence-electron chi connectivity index (χ3n) is 4.58. The van der Waals surface area contributed by atoms with Gasteiger partial charge in [-0.1, -0.05) is 17.7 Å². The van der Waals surface area contributed by atoms with Crippen LogP contribution in [-0.2, 0) is 9.59 Å². The molecule has 0 aromatic heterocycles. The minimum absolute atomic E-state index is 0.0568. The molecule has 3 N–H and O–H groups in total. The zero-order chi connectivity index (χ0) is 25.1. The second-order valence-corrected chi connectivity index (χ2v) is 7.74. The lowest BCUT2D eigenvalue weighted by Crippen LogP contribution is -2.42. The van der Waals surface area contributed by atoms with Gasteiger partial charge in [-0.15, -0.1) is 6.58 Å². The van der Waals surface area contributed by atoms with E-state index in [0.717, 1.165) is 6.07 Å². The van der Waals surface area contributed by atoms with Crippen LogP contribution in [-0.4, -0.2) is 54.6 Å². The number of carbonyl (C=O) groups is 3. The highest BCUT2D eigenvalue weighted by Crippen LogP contribution is 2.20. The summed E-state index contributed by atoms with van der Waals surface area (Å²) in [6.07, 6.45) is 0.592. The fraction of sp³-hybridized carbons (Fsp3) is 0.292. The molecule has 34 heavy (non-hydrogen) atoms. The molecule has 1 unspecified atom stereocenters. The minimum Gasteiger partial charge on any atom is -0.484 e. The van der Waals surface area contributed by atoms with Crippen LogP contribution in [0, 0.1) is 5.82 Å². The lowest BCUT2D eigenvalue weighted by Gasteiger charge is -2.19. The first-order valence-electron chi connectivity index (χ1n) is 10.4. The van der Waals surface area contributed by atoms with Crippen molar-refractivity contribution in [2.45, 2.75) is 25.5 Å². The smallest absolute Gasteiger partial charge is 0.258 e. The van der Waals surface area contributed by atoms with E-state index < -0.39 is 29.8 Å². The zero-order valence-electron chi connectivity index (χ0n) is 18.6. The zero-order valence-corrected chi connectivity index (χ0v) is 19.3. The van der Waals surface area contributed by atoms with E-state index >= 15 is 0 Å². The molecule has 10 heteroatoms. The van der Waals surface area contributed by atoms with Gasteiger partial charge in [0.2, 0.25) is 0 Å². The lowest BCUT2D eigenvalue weighted by atomic mass is 10.1. The Bertz CT molecular complexity index is 1020. The molecule has 0 fully saturated rings. The largest absolute Gasteiger partial charge is 0.484 e. The highest BCUT2D eigenvalue weighted by Gasteiger charge is 2.16. The summed E-state index contributed by atoms with van der Waals surface area (Å²) < 4.78 is 23.9. The Kier molecular flexibility index (Phi) is 10.5. The number of hydrogen-bond donors (Lipinski definition) is 3. The van der Waals surface area contributed by atoms with Crippen LogP contribution in [0.1, 0.15) is 23.7 Å². The van der Waals surface area contributed by atoms with Crippen molar-refractivity contribution in [2.75, 3.05) is 19.8 Å². The van der Waals surface area contributed by atoms with Crippen LogP contribution < -0.4 is 20.1 Å². The summed E-state index contributed by atoms with van der Waals surface area (Å²) in [5, 5.41) is 15.3. The molecule has 0 bridgehead atoms. The molecule has 0 aliphatic rings. The highest BCUT2D eigenvalue weighted by molar-refractivity contribution is 6.30. The first-order chi connectivity index (χ1) is 16.2. The molecule has 0 heterocycles. The van der Waals surface area contributed by atoms with Crippen molar-refractivity contribution in [1.29, 1.82) is 0 Å². The molecule has 2 rings (SSSR count). The maximum absolute atomic E-state index is 13.4. The number of carbonyl (C=O) groups excluding carboxylic acids is 3. The maximum atomic E-state index is 13.4. The maximum Gasteiger partial charge on any atom is 0.258 e. The predicted octanol–water partition coefficient (Wildman–Crippen LogP) is 2.68. The van der Waals surface area contributed by atoms with E-state index in [1.807, 2.05) is 0 Å². The van der Waals surface area contributed by atoms with E-state index in [2.05, 4.69) is 17.2 Å². The monoisotopic (exact) mass is 492 g/mol. The first-order valence-corrected chi connectivity index (χ1v) is 10.7. The second-order valence-electron chi connectivity index (χ2n) is 7.34. The molecule has 0 saturated carbocycles. The summed E-state index contributed by atoms with van der Waals surface area (Å²) >= 11 is 5.58. The quantitative estimate of drug-likeness (QED) is 0.292. The molecule has 2 aromatic carbocycles. The van der Waals surface area contributed by atoms with Crippen molar-refractivity contribution >= 4 is 29.2 Å². The van der Waals surface area contributed by atoms with Gasteiger partial charge >= 0.3 is 0 Å². The van der Waals surface area contributed by atoms with Crippen molar-refractivity contribution in [1.82, 2.24) is 10.6 Å². The number of halogens is 2. The molecular weight excluding hydrogens is 467 g/mol. The van der Waals surface area contributed by atoms with Crippen LogP contribution in [0.5, 0.6) is 11.5 Å². The van der Waals surface area contributed by atoms with Gasteiger partial charge in [0.15, 0.2) is 19.0 Å². The number of benzene rings is 2. The molecule has 8 nitrogen and oxygen atoms in total. The number of ketones is 1. The van der Waals surface area contributed by atoms with Crippen LogP contribution in [0.4, 0.5) is 4.39 Å². The summed E-state index contributed by atoms with van der Waals surface area (Å²) in [5.74, 6) is -1.11. The Morgan fingerprint density at radius 3 is 2.32 bits per heavy atom. The normalized spacial score (nSPS) is 12.2. The molecular formula is C24H26ClFN2O6. The van der Waals surface area contributed by atoms with Gasteiger partial charge in [0.05, 0.1) is 11.1 Å². The van der Waals surface area contributed by atoms with Crippen LogP contribution >= 0.6 is 11.6 Å². The van der Waals surface area contributed by atoms with Gasteiger partial charge in [-0.25, -0.2) is 4.39 Å². The van der Waals surface area contributed by atoms with Crippen LogP contribution in [0.2, 0.25) is 5.02 Å². The second kappa shape index (κ2) is 13.3. The molecule has 2 atom stereocenters. The predicted molar refractivity (Wildman–Crippen MR) is 125 cm³/mol. The fourth-order valence-electron chi connectivity index (χ4n) is 2.77. The summed E-state index contributed by atoms with van der Waals surface area (Å²) in [5.41, 5.74) is 0.537. The number of aliphatic hydroxyl groups is 1. The van der Waals surface area contributed by atoms with E-state index in [9.17, 15) is 23.9 Å². The van der Waals surface area contributed by atoms with Crippen LogP contribution in [0.3, 0.4) is 0 Å². The summed E-state index contributed by atoms with van der Waals surface area (Å²) in [6, 6.07) is 9.63. The third-order valence-corrected chi connectivity index (χ3v) is 4.89. The Morgan fingerprint density at radius 2 is 1.71 bits per heavy atom. The first kappa shape index (κ1) is 26.8. The number of hydrogen-bond acceptors (Lipinski definition) is 6. The van der Waals surface area contributed by atoms with E-state index in [4.69, 9.17) is 21.1 Å². The van der Waals surface area contributed by atoms with E-state index in [-0.39, 0.29) is 42.7 Å². The lowest BCUT2D eigenvalue weighted by molar-refractivity contribution is -0.124. The third kappa shape index (κ3) is 9.21. The van der Waals surface area contributed by atoms with Crippen molar-refractivity contribution < 1.29 is 33.4 Å². The number of rotatable bonds is 13. The summed E-state index contributed by atoms with van der Waals surface area (Å²) in [6.45, 7) is 4.37. The Hall–Kier alpha value is -3.43. The van der Waals surface area contributed by atoms with Gasteiger partial charge in [-0.05, 0) is 49.7 Å². The standard InChI is InChI=1S/C24H26ClFN2O6/c1-3-17(28-24(32)14-33-19-6-4-16(5-7-19)15(2)29)10-18(30)12-27-23(31)13-34-20-8-9-21(25)22(26)11-20/h3-9,11,17-18,30H,1,10,12-14H2,2H3,(H,27,31)(H,28,32)/t17?,18-/m0/s1. The van der Waals surface area contributed by atoms with Gasteiger partial charge in [-0.3, -0.25) is 14.4 Å². The van der Waals surface area contributed by atoms with Gasteiger partial charge in [0.1, 0.15) is 17.3 Å². The molecule has 0 radical (unpaired) electrons. The van der Waals surface area contributed by atoms with E-state index in [1.165, 1.54) is 25.1 Å². The molecule has 0 aliphatic carbocycles. The average molecular weight is 493 g/mol. The Morgan fingerprint density at radius 1 is 1.09 bits per heavy atom. The van der Waals surface area contributed by atoms with Crippen LogP contribution in [0.15, 0.2) is 55.1 Å². The highest BCUT2D eigenvalue weighted by atomic mass is 35.5. The van der Waals surface area contributed by atoms with Gasteiger partial charge in [0, 0.05) is 24.2 Å². The summed E-state index contributed by atoms with van der Waals surface area (Å²) in [7, 11) is 0. The molecule has 2 aromatic rings. The van der Waals surface area contributed by atoms with Crippen LogP contribution in [0.25, 0.3) is 0 Å². The Labute approximate surface area is 201 Å². The minimum atomic E-state index is -0.972.